The summed E-state index contributed by atoms with van der Waals surface area (Å²) in [6.45, 7) is 2.10. The van der Waals surface area contributed by atoms with E-state index < -0.39 is 35.8 Å². The summed E-state index contributed by atoms with van der Waals surface area (Å²) < 4.78 is 11.1. The Morgan fingerprint density at radius 3 is 2.50 bits per heavy atom. The summed E-state index contributed by atoms with van der Waals surface area (Å²) in [5.41, 5.74) is 1.83. The van der Waals surface area contributed by atoms with Crippen molar-refractivity contribution in [2.75, 3.05) is 13.2 Å². The molecule has 14 heteroatoms. The normalized spacial score (nSPS) is 22.3. The number of ether oxygens (including phenoxy) is 2. The molecule has 0 radical (unpaired) electrons. The maximum atomic E-state index is 11.7. The van der Waals surface area contributed by atoms with Gasteiger partial charge in [0.15, 0.2) is 12.2 Å². The Bertz CT molecular complexity index is 1060. The molecule has 1 aliphatic heterocycles. The first kappa shape index (κ1) is 33.5. The standard InChI is InChI=1S/C14H15N4O7.C9H15O2.CH3.W/c19-10-6-15-18(14(22)16-10)13-12(21)11(20)9(24-13)7-23-17-25-8-4-2-1-3-5-8;1-2-9(10)11-7-8-5-3-4-6-8;;/h1-6,9,11-13,20-21H,7H2,(H,16,19,22);2,8H,3-7H2,1H3;1H3;/q3*-1;/t9?,11-,12-,13?;;;/m1.../s1. The van der Waals surface area contributed by atoms with E-state index >= 15 is 0 Å². The number of nitrogens with one attached hydrogen (secondary N) is 1. The molecule has 4 atom stereocenters. The van der Waals surface area contributed by atoms with Crippen LogP contribution in [-0.2, 0) is 40.2 Å². The topological polar surface area (TPSA) is 176 Å². The first-order valence-corrected chi connectivity index (χ1v) is 11.6. The van der Waals surface area contributed by atoms with Crippen molar-refractivity contribution in [1.82, 2.24) is 14.8 Å². The van der Waals surface area contributed by atoms with E-state index in [4.69, 9.17) is 19.1 Å². The third-order valence-electron chi connectivity index (χ3n) is 5.66. The van der Waals surface area contributed by atoms with Crippen LogP contribution in [0.4, 0.5) is 0 Å². The molecule has 3 N–H and O–H groups in total. The van der Waals surface area contributed by atoms with Gasteiger partial charge in [-0.15, -0.1) is 0 Å². The summed E-state index contributed by atoms with van der Waals surface area (Å²) in [7, 11) is 0. The Hall–Kier alpha value is -2.54. The van der Waals surface area contributed by atoms with Gasteiger partial charge in [-0.25, -0.2) is 4.79 Å². The van der Waals surface area contributed by atoms with Crippen LogP contribution in [0.25, 0.3) is 5.64 Å². The summed E-state index contributed by atoms with van der Waals surface area (Å²) in [4.78, 5) is 45.3. The minimum atomic E-state index is -1.44. The Kier molecular flexibility index (Phi) is 15.1. The average molecular weight is 705 g/mol. The number of aromatic nitrogens is 3. The smallest absolute Gasteiger partial charge is 0.347 e. The molecule has 0 spiro atoms. The van der Waals surface area contributed by atoms with Crippen molar-refractivity contribution in [2.45, 2.75) is 57.1 Å². The van der Waals surface area contributed by atoms with Gasteiger partial charge in [0, 0.05) is 21.1 Å². The van der Waals surface area contributed by atoms with Crippen molar-refractivity contribution in [2.24, 2.45) is 5.92 Å². The Balaban J connectivity index is 0.000000472. The van der Waals surface area contributed by atoms with Crippen molar-refractivity contribution in [3.05, 3.63) is 76.9 Å². The van der Waals surface area contributed by atoms with Gasteiger partial charge in [-0.1, -0.05) is 31.0 Å². The fourth-order valence-electron chi connectivity index (χ4n) is 3.73. The molecule has 38 heavy (non-hydrogen) atoms. The molecule has 0 amide bonds. The molecule has 1 aromatic heterocycles. The second kappa shape index (κ2) is 17.1. The number of aliphatic hydroxyl groups excluding tert-OH is 2. The molecule has 4 rings (SSSR count). The van der Waals surface area contributed by atoms with Crippen LogP contribution in [0.3, 0.4) is 0 Å². The molecule has 2 unspecified atom stereocenters. The molecule has 1 aromatic carbocycles. The SMILES string of the molecule is C[CH-]C(=O)OCC1CCCC1.O=c1cnn(C2OC(CO[N-]Oc3ccccc3)[C@@H](O)[C@H]2O)c(=O)[nH]1.[CH3-].[W]. The maximum absolute atomic E-state index is 11.7. The van der Waals surface area contributed by atoms with Crippen LogP contribution in [0.1, 0.15) is 38.8 Å². The van der Waals surface area contributed by atoms with E-state index in [9.17, 15) is 24.6 Å². The number of carbonyl (C=O) groups excluding carboxylic acids is 1. The van der Waals surface area contributed by atoms with Crippen LogP contribution in [0, 0.1) is 19.8 Å². The van der Waals surface area contributed by atoms with Gasteiger partial charge in [-0.05, 0) is 30.9 Å². The Morgan fingerprint density at radius 2 is 1.87 bits per heavy atom. The number of rotatable bonds is 9. The van der Waals surface area contributed by atoms with Crippen molar-refractivity contribution in [1.29, 1.82) is 0 Å². The van der Waals surface area contributed by atoms with Crippen LogP contribution < -0.4 is 16.1 Å². The molecule has 2 fully saturated rings. The van der Waals surface area contributed by atoms with Gasteiger partial charge in [0.25, 0.3) is 5.56 Å². The van der Waals surface area contributed by atoms with Crippen molar-refractivity contribution in [3.63, 3.8) is 0 Å². The zero-order valence-corrected chi connectivity index (χ0v) is 24.1. The predicted octanol–water partition coefficient (Wildman–Crippen LogP) is 1.24. The van der Waals surface area contributed by atoms with Gasteiger partial charge in [-0.2, -0.15) is 16.7 Å². The van der Waals surface area contributed by atoms with Gasteiger partial charge in [0.05, 0.1) is 13.2 Å². The van der Waals surface area contributed by atoms with Crippen LogP contribution in [0.5, 0.6) is 5.75 Å². The zero-order chi connectivity index (χ0) is 25.9. The van der Waals surface area contributed by atoms with Gasteiger partial charge in [0.2, 0.25) is 0 Å². The molecule has 212 valence electrons. The maximum Gasteiger partial charge on any atom is 0.347 e. The minimum Gasteiger partial charge on any atom is -0.565 e. The first-order valence-electron chi connectivity index (χ1n) is 11.6. The number of nitrogens with zero attached hydrogens (tertiary/aromatic N) is 3. The van der Waals surface area contributed by atoms with E-state index in [-0.39, 0.29) is 41.1 Å². The molecule has 1 aliphatic carbocycles. The fraction of sp³-hybridized carbons (Fsp3) is 0.500. The van der Waals surface area contributed by atoms with Gasteiger partial charge >= 0.3 is 5.69 Å². The Morgan fingerprint density at radius 1 is 1.18 bits per heavy atom. The average Bonchev–Trinajstić information content (AvgIpc) is 3.50. The molecule has 13 nitrogen and oxygen atoms in total. The van der Waals surface area contributed by atoms with Crippen LogP contribution in [0.2, 0.25) is 0 Å². The summed E-state index contributed by atoms with van der Waals surface area (Å²) in [6, 6.07) is 8.66. The number of aromatic amines is 1. The molecule has 2 aliphatic rings. The molecule has 1 saturated heterocycles. The van der Waals surface area contributed by atoms with Gasteiger partial charge < -0.3 is 42.4 Å². The van der Waals surface area contributed by atoms with E-state index in [1.54, 1.807) is 31.2 Å². The van der Waals surface area contributed by atoms with Crippen LogP contribution >= 0.6 is 0 Å². The van der Waals surface area contributed by atoms with Crippen molar-refractivity contribution in [3.8, 4) is 5.75 Å². The third kappa shape index (κ3) is 9.97. The van der Waals surface area contributed by atoms with E-state index in [1.165, 1.54) is 32.1 Å². The van der Waals surface area contributed by atoms with Crippen LogP contribution in [0.15, 0.2) is 46.1 Å². The van der Waals surface area contributed by atoms with Crippen LogP contribution in [-0.4, -0.2) is 62.5 Å². The quantitative estimate of drug-likeness (QED) is 0.149. The number of aliphatic hydroxyl groups is 2. The monoisotopic (exact) mass is 705 g/mol. The summed E-state index contributed by atoms with van der Waals surface area (Å²) in [5.74, 6) is 0.910. The van der Waals surface area contributed by atoms with E-state index in [2.05, 4.69) is 10.7 Å². The minimum absolute atomic E-state index is 0. The number of benzene rings is 1. The molecule has 2 aromatic rings. The number of hydrogen-bond acceptors (Lipinski definition) is 10. The summed E-state index contributed by atoms with van der Waals surface area (Å²) in [5, 5.41) is 23.6. The van der Waals surface area contributed by atoms with Gasteiger partial charge in [-0.3, -0.25) is 21.0 Å². The second-order valence-corrected chi connectivity index (χ2v) is 8.27. The summed E-state index contributed by atoms with van der Waals surface area (Å²) >= 11 is 0. The first-order chi connectivity index (χ1) is 17.4. The number of carbonyl (C=O) groups is 1. The number of H-pyrrole nitrogens is 1. The van der Waals surface area contributed by atoms with E-state index in [0.29, 0.717) is 18.3 Å². The number of para-hydroxylation sites is 1. The van der Waals surface area contributed by atoms with Crippen molar-refractivity contribution < 1.29 is 55.2 Å². The molecular formula is C24H33N4O9W-3. The van der Waals surface area contributed by atoms with E-state index in [0.717, 1.165) is 10.9 Å². The van der Waals surface area contributed by atoms with E-state index in [1.807, 2.05) is 11.1 Å². The number of esters is 1. The number of hydrogen-bond donors (Lipinski definition) is 3. The van der Waals surface area contributed by atoms with Gasteiger partial charge in [0.1, 0.15) is 30.3 Å². The van der Waals surface area contributed by atoms with Crippen molar-refractivity contribution >= 4 is 5.97 Å². The summed E-state index contributed by atoms with van der Waals surface area (Å²) in [6.07, 6.45) is 2.35. The molecular weight excluding hydrogens is 672 g/mol. The predicted molar refractivity (Wildman–Crippen MR) is 131 cm³/mol. The largest absolute Gasteiger partial charge is 0.565 e. The zero-order valence-electron chi connectivity index (χ0n) is 21.2. The molecule has 2 heterocycles. The molecule has 1 saturated carbocycles. The third-order valence-corrected chi connectivity index (χ3v) is 5.66. The second-order valence-electron chi connectivity index (χ2n) is 8.27. The Labute approximate surface area is 234 Å². The fourth-order valence-corrected chi connectivity index (χ4v) is 3.73. The molecule has 0 bridgehead atoms.